The summed E-state index contributed by atoms with van der Waals surface area (Å²) in [6.07, 6.45) is 4.25. The van der Waals surface area contributed by atoms with E-state index in [2.05, 4.69) is 24.5 Å². The summed E-state index contributed by atoms with van der Waals surface area (Å²) in [7, 11) is 0. The molecule has 2 aliphatic rings. The summed E-state index contributed by atoms with van der Waals surface area (Å²) in [5.74, 6) is 1.31. The summed E-state index contributed by atoms with van der Waals surface area (Å²) in [5.41, 5.74) is -0.537. The van der Waals surface area contributed by atoms with Crippen LogP contribution < -0.4 is 24.8 Å². The molecule has 2 aliphatic heterocycles. The molecule has 1 fully saturated rings. The second kappa shape index (κ2) is 7.85. The minimum atomic E-state index is -1.13. The Labute approximate surface area is 153 Å². The van der Waals surface area contributed by atoms with Crippen LogP contribution in [0, 0.1) is 0 Å². The average Bonchev–Trinajstić information content (AvgIpc) is 2.90. The molecular formula is C19H26N2O5. The molecule has 1 saturated heterocycles. The van der Waals surface area contributed by atoms with E-state index in [4.69, 9.17) is 14.2 Å². The van der Waals surface area contributed by atoms with Crippen molar-refractivity contribution in [3.05, 3.63) is 17.7 Å². The number of rotatable bonds is 8. The second-order valence-electron chi connectivity index (χ2n) is 6.61. The third-order valence-corrected chi connectivity index (χ3v) is 4.68. The lowest BCUT2D eigenvalue weighted by molar-refractivity contribution is -0.125. The van der Waals surface area contributed by atoms with E-state index in [1.807, 2.05) is 0 Å². The lowest BCUT2D eigenvalue weighted by atomic mass is 9.84. The van der Waals surface area contributed by atoms with Crippen molar-refractivity contribution in [1.82, 2.24) is 10.6 Å². The van der Waals surface area contributed by atoms with E-state index in [0.29, 0.717) is 49.1 Å². The summed E-state index contributed by atoms with van der Waals surface area (Å²) in [6, 6.07) is 3.09. The van der Waals surface area contributed by atoms with E-state index in [0.717, 1.165) is 25.7 Å². The zero-order valence-electron chi connectivity index (χ0n) is 15.4. The van der Waals surface area contributed by atoms with Gasteiger partial charge >= 0.3 is 6.03 Å². The number of hydrogen-bond acceptors (Lipinski definition) is 5. The highest BCUT2D eigenvalue weighted by Crippen LogP contribution is 2.46. The first-order valence-electron chi connectivity index (χ1n) is 9.31. The molecule has 7 nitrogen and oxygen atoms in total. The maximum absolute atomic E-state index is 12.5. The molecule has 0 saturated carbocycles. The Kier molecular flexibility index (Phi) is 5.54. The van der Waals surface area contributed by atoms with Crippen molar-refractivity contribution in [3.8, 4) is 17.2 Å². The van der Waals surface area contributed by atoms with Crippen LogP contribution in [0.4, 0.5) is 4.79 Å². The highest BCUT2D eigenvalue weighted by Gasteiger charge is 2.51. The molecule has 1 atom stereocenters. The molecule has 3 amide bonds. The molecule has 1 aromatic rings. The van der Waals surface area contributed by atoms with Crippen LogP contribution in [0.2, 0.25) is 0 Å². The predicted octanol–water partition coefficient (Wildman–Crippen LogP) is 2.86. The van der Waals surface area contributed by atoms with Gasteiger partial charge in [-0.3, -0.25) is 10.1 Å². The standard InChI is InChI=1S/C19H26N2O5/c1-3-5-8-24-13-11-14-16(15(12-13)25-9-6-4-2)26-10-7-19(14)17(22)20-18(23)21-19/h11-12H,3-10H2,1-2H3,(H2,20,21,22,23). The quantitative estimate of drug-likeness (QED) is 0.549. The first-order valence-corrected chi connectivity index (χ1v) is 9.31. The number of carbonyl (C=O) groups is 2. The molecule has 0 aliphatic carbocycles. The number of nitrogens with one attached hydrogen (secondary N) is 2. The normalized spacial score (nSPS) is 21.0. The minimum Gasteiger partial charge on any atom is -0.493 e. The Hall–Kier alpha value is -2.44. The van der Waals surface area contributed by atoms with Gasteiger partial charge in [0.25, 0.3) is 5.91 Å². The molecule has 0 radical (unpaired) electrons. The smallest absolute Gasteiger partial charge is 0.322 e. The van der Waals surface area contributed by atoms with Crippen LogP contribution in [0.5, 0.6) is 17.2 Å². The zero-order chi connectivity index (χ0) is 18.6. The van der Waals surface area contributed by atoms with Gasteiger partial charge in [-0.1, -0.05) is 26.7 Å². The van der Waals surface area contributed by atoms with Gasteiger partial charge in [0, 0.05) is 18.1 Å². The van der Waals surface area contributed by atoms with E-state index in [1.165, 1.54) is 0 Å². The van der Waals surface area contributed by atoms with Crippen LogP contribution in [0.25, 0.3) is 0 Å². The molecule has 1 aromatic carbocycles. The monoisotopic (exact) mass is 362 g/mol. The van der Waals surface area contributed by atoms with Gasteiger partial charge in [0.05, 0.1) is 19.8 Å². The Morgan fingerprint density at radius 2 is 1.85 bits per heavy atom. The van der Waals surface area contributed by atoms with E-state index in [-0.39, 0.29) is 5.91 Å². The van der Waals surface area contributed by atoms with Crippen molar-refractivity contribution in [2.75, 3.05) is 19.8 Å². The molecule has 0 aromatic heterocycles. The van der Waals surface area contributed by atoms with Gasteiger partial charge in [-0.15, -0.1) is 0 Å². The Morgan fingerprint density at radius 3 is 2.50 bits per heavy atom. The number of unbranched alkanes of at least 4 members (excludes halogenated alkanes) is 2. The maximum Gasteiger partial charge on any atom is 0.322 e. The highest BCUT2D eigenvalue weighted by atomic mass is 16.5. The van der Waals surface area contributed by atoms with Gasteiger partial charge < -0.3 is 19.5 Å². The fourth-order valence-electron chi connectivity index (χ4n) is 3.19. The van der Waals surface area contributed by atoms with Gasteiger partial charge in [0.1, 0.15) is 5.75 Å². The fourth-order valence-corrected chi connectivity index (χ4v) is 3.19. The summed E-state index contributed by atoms with van der Waals surface area (Å²) in [5, 5.41) is 5.11. The third kappa shape index (κ3) is 3.43. The van der Waals surface area contributed by atoms with Crippen LogP contribution in [0.15, 0.2) is 12.1 Å². The van der Waals surface area contributed by atoms with Crippen molar-refractivity contribution in [3.63, 3.8) is 0 Å². The Morgan fingerprint density at radius 1 is 1.12 bits per heavy atom. The van der Waals surface area contributed by atoms with Crippen LogP contribution in [-0.4, -0.2) is 31.8 Å². The number of imide groups is 1. The second-order valence-corrected chi connectivity index (χ2v) is 6.61. The van der Waals surface area contributed by atoms with Gasteiger partial charge in [-0.05, 0) is 18.9 Å². The SMILES string of the molecule is CCCCOc1cc(OCCCC)c2c(c1)C1(CCO2)NC(=O)NC1=O. The van der Waals surface area contributed by atoms with E-state index in [9.17, 15) is 9.59 Å². The summed E-state index contributed by atoms with van der Waals surface area (Å²) in [4.78, 5) is 24.3. The number of benzene rings is 1. The van der Waals surface area contributed by atoms with Gasteiger partial charge in [-0.25, -0.2) is 4.79 Å². The van der Waals surface area contributed by atoms with Gasteiger partial charge in [-0.2, -0.15) is 0 Å². The lowest BCUT2D eigenvalue weighted by Gasteiger charge is -2.34. The van der Waals surface area contributed by atoms with Crippen molar-refractivity contribution in [1.29, 1.82) is 0 Å². The molecular weight excluding hydrogens is 336 g/mol. The third-order valence-electron chi connectivity index (χ3n) is 4.68. The number of urea groups is 1. The molecule has 1 unspecified atom stereocenters. The summed E-state index contributed by atoms with van der Waals surface area (Å²) < 4.78 is 17.6. The number of hydrogen-bond donors (Lipinski definition) is 2. The first kappa shape index (κ1) is 18.4. The number of amides is 3. The maximum atomic E-state index is 12.5. The molecule has 26 heavy (non-hydrogen) atoms. The number of ether oxygens (including phenoxy) is 3. The summed E-state index contributed by atoms with van der Waals surface area (Å²) in [6.45, 7) is 5.64. The fraction of sp³-hybridized carbons (Fsp3) is 0.579. The minimum absolute atomic E-state index is 0.320. The van der Waals surface area contributed by atoms with Crippen LogP contribution >= 0.6 is 0 Å². The molecule has 2 heterocycles. The number of carbonyl (C=O) groups excluding carboxylic acids is 2. The van der Waals surface area contributed by atoms with Crippen molar-refractivity contribution >= 4 is 11.9 Å². The highest BCUT2D eigenvalue weighted by molar-refractivity contribution is 6.08. The van der Waals surface area contributed by atoms with Crippen molar-refractivity contribution < 1.29 is 23.8 Å². The van der Waals surface area contributed by atoms with Crippen LogP contribution in [-0.2, 0) is 10.3 Å². The average molecular weight is 362 g/mol. The molecule has 3 rings (SSSR count). The predicted molar refractivity (Wildman–Crippen MR) is 95.7 cm³/mol. The summed E-state index contributed by atoms with van der Waals surface area (Å²) >= 11 is 0. The van der Waals surface area contributed by atoms with Crippen molar-refractivity contribution in [2.45, 2.75) is 51.5 Å². The molecule has 1 spiro atoms. The Balaban J connectivity index is 1.99. The molecule has 0 bridgehead atoms. The largest absolute Gasteiger partial charge is 0.493 e. The zero-order valence-corrected chi connectivity index (χ0v) is 15.4. The van der Waals surface area contributed by atoms with E-state index >= 15 is 0 Å². The molecule has 2 N–H and O–H groups in total. The van der Waals surface area contributed by atoms with Gasteiger partial charge in [0.2, 0.25) is 0 Å². The van der Waals surface area contributed by atoms with E-state index in [1.54, 1.807) is 12.1 Å². The van der Waals surface area contributed by atoms with E-state index < -0.39 is 11.6 Å². The number of fused-ring (bicyclic) bond motifs is 2. The topological polar surface area (TPSA) is 85.9 Å². The van der Waals surface area contributed by atoms with Gasteiger partial charge in [0.15, 0.2) is 17.0 Å². The van der Waals surface area contributed by atoms with Crippen LogP contribution in [0.3, 0.4) is 0 Å². The Bertz CT molecular complexity index is 691. The van der Waals surface area contributed by atoms with Crippen LogP contribution in [0.1, 0.15) is 51.5 Å². The van der Waals surface area contributed by atoms with Crippen molar-refractivity contribution in [2.24, 2.45) is 0 Å². The lowest BCUT2D eigenvalue weighted by Crippen LogP contribution is -2.47. The molecule has 142 valence electrons. The first-order chi connectivity index (χ1) is 12.6. The molecule has 7 heteroatoms.